The van der Waals surface area contributed by atoms with E-state index in [1.807, 2.05) is 47.8 Å². The van der Waals surface area contributed by atoms with E-state index in [2.05, 4.69) is 5.32 Å². The lowest BCUT2D eigenvalue weighted by Crippen LogP contribution is -2.50. The van der Waals surface area contributed by atoms with Gasteiger partial charge in [-0.3, -0.25) is 9.59 Å². The third kappa shape index (κ3) is 4.12. The Morgan fingerprint density at radius 2 is 1.92 bits per heavy atom. The fourth-order valence-corrected chi connectivity index (χ4v) is 3.84. The predicted octanol–water partition coefficient (Wildman–Crippen LogP) is 1.45. The number of nitrogens with one attached hydrogen (secondary N) is 1. The number of rotatable bonds is 6. The maximum atomic E-state index is 12.6. The summed E-state index contributed by atoms with van der Waals surface area (Å²) in [6.07, 6.45) is -1.95. The van der Waals surface area contributed by atoms with Crippen molar-refractivity contribution in [3.05, 3.63) is 58.3 Å². The number of thiophene rings is 1. The number of carbonyl (C=O) groups is 2. The smallest absolute Gasteiger partial charge is 0.255 e. The van der Waals surface area contributed by atoms with Gasteiger partial charge >= 0.3 is 0 Å². The van der Waals surface area contributed by atoms with Crippen molar-refractivity contribution in [1.29, 1.82) is 0 Å². The van der Waals surface area contributed by atoms with Gasteiger partial charge in [-0.15, -0.1) is 11.3 Å². The molecule has 0 bridgehead atoms. The standard InChI is InChI=1S/C19H22N2O4S/c22-16(18(24)20-12-14-8-5-11-26-14)17(23)19(25)21-10-4-9-15(21)13-6-2-1-3-7-13/h1-3,5-8,11,15-17,22-23H,4,9-10,12H2,(H,20,24)/t15-,16-,17-/m1/s1. The first kappa shape index (κ1) is 18.6. The van der Waals surface area contributed by atoms with Crippen LogP contribution < -0.4 is 5.32 Å². The summed E-state index contributed by atoms with van der Waals surface area (Å²) in [7, 11) is 0. The monoisotopic (exact) mass is 374 g/mol. The molecule has 1 aliphatic heterocycles. The number of hydrogen-bond acceptors (Lipinski definition) is 5. The summed E-state index contributed by atoms with van der Waals surface area (Å²) < 4.78 is 0. The van der Waals surface area contributed by atoms with Crippen LogP contribution in [0.4, 0.5) is 0 Å². The summed E-state index contributed by atoms with van der Waals surface area (Å²) in [6.45, 7) is 0.754. The van der Waals surface area contributed by atoms with E-state index in [1.165, 1.54) is 11.3 Å². The number of likely N-dealkylation sites (tertiary alicyclic amines) is 1. The van der Waals surface area contributed by atoms with Gasteiger partial charge in [0.05, 0.1) is 12.6 Å². The highest BCUT2D eigenvalue weighted by Gasteiger charge is 2.38. The van der Waals surface area contributed by atoms with Crippen LogP contribution in [0, 0.1) is 0 Å². The topological polar surface area (TPSA) is 89.9 Å². The molecular weight excluding hydrogens is 352 g/mol. The number of nitrogens with zero attached hydrogens (tertiary/aromatic N) is 1. The van der Waals surface area contributed by atoms with Crippen molar-refractivity contribution in [2.45, 2.75) is 37.6 Å². The van der Waals surface area contributed by atoms with Gasteiger partial charge in [0.2, 0.25) is 0 Å². The average Bonchev–Trinajstić information content (AvgIpc) is 3.36. The Morgan fingerprint density at radius 1 is 1.15 bits per heavy atom. The number of amides is 2. The fourth-order valence-electron chi connectivity index (χ4n) is 3.19. The average molecular weight is 374 g/mol. The number of aliphatic hydroxyl groups is 2. The van der Waals surface area contributed by atoms with E-state index in [-0.39, 0.29) is 12.6 Å². The van der Waals surface area contributed by atoms with Crippen molar-refractivity contribution in [2.75, 3.05) is 6.54 Å². The van der Waals surface area contributed by atoms with Gasteiger partial charge in [0, 0.05) is 11.4 Å². The second kappa shape index (κ2) is 8.44. The van der Waals surface area contributed by atoms with E-state index >= 15 is 0 Å². The second-order valence-electron chi connectivity index (χ2n) is 6.29. The summed E-state index contributed by atoms with van der Waals surface area (Å²) in [6, 6.07) is 13.2. The van der Waals surface area contributed by atoms with E-state index in [9.17, 15) is 19.8 Å². The lowest BCUT2D eigenvalue weighted by molar-refractivity contribution is -0.153. The van der Waals surface area contributed by atoms with E-state index in [1.54, 1.807) is 4.90 Å². The highest BCUT2D eigenvalue weighted by Crippen LogP contribution is 2.32. The van der Waals surface area contributed by atoms with Crippen molar-refractivity contribution in [3.63, 3.8) is 0 Å². The molecule has 1 aromatic carbocycles. The molecule has 3 rings (SSSR count). The molecule has 2 amide bonds. The highest BCUT2D eigenvalue weighted by atomic mass is 32.1. The molecule has 0 saturated carbocycles. The molecule has 2 aromatic rings. The Kier molecular flexibility index (Phi) is 6.03. The molecule has 1 aromatic heterocycles. The van der Waals surface area contributed by atoms with Gasteiger partial charge < -0.3 is 20.4 Å². The molecule has 1 aliphatic rings. The quantitative estimate of drug-likeness (QED) is 0.714. The first-order valence-electron chi connectivity index (χ1n) is 8.59. The van der Waals surface area contributed by atoms with Crippen LogP contribution in [0.25, 0.3) is 0 Å². The largest absolute Gasteiger partial charge is 0.380 e. The van der Waals surface area contributed by atoms with Gasteiger partial charge in [0.1, 0.15) is 0 Å². The molecule has 0 radical (unpaired) electrons. The lowest BCUT2D eigenvalue weighted by Gasteiger charge is -2.28. The molecule has 0 spiro atoms. The zero-order valence-electron chi connectivity index (χ0n) is 14.2. The first-order chi connectivity index (χ1) is 12.6. The van der Waals surface area contributed by atoms with E-state index in [0.29, 0.717) is 6.54 Å². The molecule has 26 heavy (non-hydrogen) atoms. The van der Waals surface area contributed by atoms with Gasteiger partial charge in [-0.2, -0.15) is 0 Å². The molecular formula is C19H22N2O4S. The van der Waals surface area contributed by atoms with Gasteiger partial charge in [-0.05, 0) is 29.9 Å². The predicted molar refractivity (Wildman–Crippen MR) is 98.3 cm³/mol. The Bertz CT molecular complexity index is 735. The van der Waals surface area contributed by atoms with E-state index in [0.717, 1.165) is 23.3 Å². The van der Waals surface area contributed by atoms with Gasteiger partial charge in [0.25, 0.3) is 11.8 Å². The molecule has 1 fully saturated rings. The maximum Gasteiger partial charge on any atom is 0.255 e. The SMILES string of the molecule is O=C(NCc1cccs1)[C@H](O)[C@@H](O)C(=O)N1CCC[C@@H]1c1ccccc1. The molecule has 1 saturated heterocycles. The molecule has 0 unspecified atom stereocenters. The van der Waals surface area contributed by atoms with Crippen molar-refractivity contribution in [2.24, 2.45) is 0 Å². The van der Waals surface area contributed by atoms with E-state index in [4.69, 9.17) is 0 Å². The molecule has 7 heteroatoms. The van der Waals surface area contributed by atoms with Crippen LogP contribution in [0.2, 0.25) is 0 Å². The summed E-state index contributed by atoms with van der Waals surface area (Å²) in [5.41, 5.74) is 0.988. The minimum Gasteiger partial charge on any atom is -0.380 e. The lowest BCUT2D eigenvalue weighted by atomic mass is 10.0. The molecule has 3 N–H and O–H groups in total. The van der Waals surface area contributed by atoms with Crippen molar-refractivity contribution >= 4 is 23.2 Å². The zero-order valence-corrected chi connectivity index (χ0v) is 15.1. The number of aliphatic hydroxyl groups excluding tert-OH is 2. The van der Waals surface area contributed by atoms with Crippen molar-refractivity contribution in [3.8, 4) is 0 Å². The zero-order chi connectivity index (χ0) is 18.5. The van der Waals surface area contributed by atoms with Gasteiger partial charge in [-0.25, -0.2) is 0 Å². The Hall–Kier alpha value is -2.22. The Morgan fingerprint density at radius 3 is 2.62 bits per heavy atom. The van der Waals surface area contributed by atoms with Gasteiger partial charge in [-0.1, -0.05) is 36.4 Å². The molecule has 3 atom stereocenters. The van der Waals surface area contributed by atoms with E-state index < -0.39 is 24.0 Å². The molecule has 2 heterocycles. The van der Waals surface area contributed by atoms with Crippen LogP contribution in [0.3, 0.4) is 0 Å². The number of carbonyl (C=O) groups excluding carboxylic acids is 2. The van der Waals surface area contributed by atoms with Crippen molar-refractivity contribution in [1.82, 2.24) is 10.2 Å². The minimum atomic E-state index is -1.79. The second-order valence-corrected chi connectivity index (χ2v) is 7.32. The van der Waals surface area contributed by atoms with Crippen LogP contribution in [0.15, 0.2) is 47.8 Å². The van der Waals surface area contributed by atoms with Crippen LogP contribution in [-0.2, 0) is 16.1 Å². The summed E-state index contributed by atoms with van der Waals surface area (Å²) in [4.78, 5) is 27.2. The summed E-state index contributed by atoms with van der Waals surface area (Å²) >= 11 is 1.48. The number of hydrogen-bond donors (Lipinski definition) is 3. The van der Waals surface area contributed by atoms with Crippen LogP contribution in [0.1, 0.15) is 29.3 Å². The Balaban J connectivity index is 1.61. The third-order valence-electron chi connectivity index (χ3n) is 4.56. The van der Waals surface area contributed by atoms with Crippen LogP contribution in [0.5, 0.6) is 0 Å². The molecule has 138 valence electrons. The number of benzene rings is 1. The minimum absolute atomic E-state index is 0.139. The summed E-state index contributed by atoms with van der Waals surface area (Å²) in [5, 5.41) is 24.8. The molecule has 6 nitrogen and oxygen atoms in total. The Labute approximate surface area is 156 Å². The fraction of sp³-hybridized carbons (Fsp3) is 0.368. The normalized spacial score (nSPS) is 19.2. The van der Waals surface area contributed by atoms with Crippen LogP contribution in [-0.4, -0.2) is 45.7 Å². The van der Waals surface area contributed by atoms with Gasteiger partial charge in [0.15, 0.2) is 12.2 Å². The van der Waals surface area contributed by atoms with Crippen LogP contribution >= 0.6 is 11.3 Å². The van der Waals surface area contributed by atoms with Crippen molar-refractivity contribution < 1.29 is 19.8 Å². The first-order valence-corrected chi connectivity index (χ1v) is 9.47. The highest BCUT2D eigenvalue weighted by molar-refractivity contribution is 7.09. The third-order valence-corrected chi connectivity index (χ3v) is 5.43. The summed E-state index contributed by atoms with van der Waals surface area (Å²) in [5.74, 6) is -1.37. The maximum absolute atomic E-state index is 12.6. The molecule has 0 aliphatic carbocycles.